The first-order chi connectivity index (χ1) is 5.81. The zero-order valence-electron chi connectivity index (χ0n) is 6.76. The highest BCUT2D eigenvalue weighted by molar-refractivity contribution is 9.10. The largest absolute Gasteiger partial charge is 0.396 e. The summed E-state index contributed by atoms with van der Waals surface area (Å²) in [5.74, 6) is 0.443. The fourth-order valence-corrected chi connectivity index (χ4v) is 2.39. The Labute approximate surface area is 80.5 Å². The van der Waals surface area contributed by atoms with Crippen LogP contribution in [0.5, 0.6) is 0 Å². The van der Waals surface area contributed by atoms with Crippen LogP contribution in [-0.4, -0.2) is 11.7 Å². The molecule has 2 heteroatoms. The SMILES string of the molecule is OCC1Cc2cccc(Br)c2C1. The van der Waals surface area contributed by atoms with Crippen LogP contribution in [0.2, 0.25) is 0 Å². The van der Waals surface area contributed by atoms with Crippen LogP contribution < -0.4 is 0 Å². The van der Waals surface area contributed by atoms with Gasteiger partial charge in [0.15, 0.2) is 0 Å². The van der Waals surface area contributed by atoms with Crippen molar-refractivity contribution in [3.05, 3.63) is 33.8 Å². The Hall–Kier alpha value is -0.340. The zero-order chi connectivity index (χ0) is 8.55. The average molecular weight is 227 g/mol. The van der Waals surface area contributed by atoms with Crippen LogP contribution in [0.1, 0.15) is 11.1 Å². The smallest absolute Gasteiger partial charge is 0.0465 e. The molecule has 2 rings (SSSR count). The molecule has 1 N–H and O–H groups in total. The average Bonchev–Trinajstić information content (AvgIpc) is 2.49. The molecule has 1 aromatic carbocycles. The van der Waals surface area contributed by atoms with Crippen molar-refractivity contribution in [1.82, 2.24) is 0 Å². The fraction of sp³-hybridized carbons (Fsp3) is 0.400. The maximum absolute atomic E-state index is 9.01. The van der Waals surface area contributed by atoms with Gasteiger partial charge in [0.25, 0.3) is 0 Å². The molecule has 0 aromatic heterocycles. The second kappa shape index (κ2) is 3.19. The third kappa shape index (κ3) is 1.29. The molecule has 12 heavy (non-hydrogen) atoms. The van der Waals surface area contributed by atoms with E-state index in [2.05, 4.69) is 34.1 Å². The molecule has 64 valence electrons. The Kier molecular flexibility index (Phi) is 2.20. The van der Waals surface area contributed by atoms with Gasteiger partial charge >= 0.3 is 0 Å². The van der Waals surface area contributed by atoms with Gasteiger partial charge in [-0.25, -0.2) is 0 Å². The van der Waals surface area contributed by atoms with Gasteiger partial charge in [-0.15, -0.1) is 0 Å². The van der Waals surface area contributed by atoms with E-state index in [-0.39, 0.29) is 0 Å². The van der Waals surface area contributed by atoms with Crippen LogP contribution in [0.15, 0.2) is 22.7 Å². The predicted octanol–water partition coefficient (Wildman–Crippen LogP) is 2.16. The number of fused-ring (bicyclic) bond motifs is 1. The summed E-state index contributed by atoms with van der Waals surface area (Å²) in [5, 5.41) is 9.01. The lowest BCUT2D eigenvalue weighted by Crippen LogP contribution is -2.04. The topological polar surface area (TPSA) is 20.2 Å². The molecule has 1 aliphatic carbocycles. The molecule has 0 amide bonds. The number of rotatable bonds is 1. The Morgan fingerprint density at radius 1 is 1.42 bits per heavy atom. The number of hydrogen-bond donors (Lipinski definition) is 1. The molecule has 0 saturated heterocycles. The molecule has 1 unspecified atom stereocenters. The van der Waals surface area contributed by atoms with Gasteiger partial charge < -0.3 is 5.11 Å². The lowest BCUT2D eigenvalue weighted by atomic mass is 10.1. The second-order valence-corrected chi connectivity index (χ2v) is 4.19. The van der Waals surface area contributed by atoms with Crippen LogP contribution in [0.4, 0.5) is 0 Å². The molecule has 0 saturated carbocycles. The van der Waals surface area contributed by atoms with E-state index in [0.717, 1.165) is 12.8 Å². The van der Waals surface area contributed by atoms with Crippen molar-refractivity contribution in [2.75, 3.05) is 6.61 Å². The first-order valence-corrected chi connectivity index (χ1v) is 4.97. The van der Waals surface area contributed by atoms with Gasteiger partial charge in [0, 0.05) is 11.1 Å². The molecule has 1 nitrogen and oxygen atoms in total. The monoisotopic (exact) mass is 226 g/mol. The van der Waals surface area contributed by atoms with Crippen molar-refractivity contribution >= 4 is 15.9 Å². The van der Waals surface area contributed by atoms with Gasteiger partial charge in [0.1, 0.15) is 0 Å². The summed E-state index contributed by atoms with van der Waals surface area (Å²) < 4.78 is 1.19. The first kappa shape index (κ1) is 8.27. The normalized spacial score (nSPS) is 21.0. The summed E-state index contributed by atoms with van der Waals surface area (Å²) in [7, 11) is 0. The molecule has 0 radical (unpaired) electrons. The van der Waals surface area contributed by atoms with Crippen LogP contribution in [-0.2, 0) is 12.8 Å². The Balaban J connectivity index is 2.35. The molecular weight excluding hydrogens is 216 g/mol. The van der Waals surface area contributed by atoms with Gasteiger partial charge in [-0.2, -0.15) is 0 Å². The van der Waals surface area contributed by atoms with Gasteiger partial charge in [-0.3, -0.25) is 0 Å². The van der Waals surface area contributed by atoms with Crippen molar-refractivity contribution in [2.24, 2.45) is 5.92 Å². The number of benzene rings is 1. The number of aliphatic hydroxyl groups excluding tert-OH is 1. The minimum Gasteiger partial charge on any atom is -0.396 e. The third-order valence-electron chi connectivity index (χ3n) is 2.48. The Morgan fingerprint density at radius 3 is 2.92 bits per heavy atom. The van der Waals surface area contributed by atoms with Crippen LogP contribution in [0.25, 0.3) is 0 Å². The molecule has 1 aliphatic rings. The van der Waals surface area contributed by atoms with Crippen molar-refractivity contribution in [2.45, 2.75) is 12.8 Å². The predicted molar refractivity (Wildman–Crippen MR) is 52.1 cm³/mol. The van der Waals surface area contributed by atoms with Gasteiger partial charge in [0.05, 0.1) is 0 Å². The molecule has 0 fully saturated rings. The summed E-state index contributed by atoms with van der Waals surface area (Å²) in [6.45, 7) is 0.307. The summed E-state index contributed by atoms with van der Waals surface area (Å²) in [6.07, 6.45) is 2.05. The first-order valence-electron chi connectivity index (χ1n) is 4.18. The number of hydrogen-bond acceptors (Lipinski definition) is 1. The maximum atomic E-state index is 9.01. The van der Waals surface area contributed by atoms with E-state index < -0.39 is 0 Å². The molecule has 0 bridgehead atoms. The van der Waals surface area contributed by atoms with E-state index in [0.29, 0.717) is 12.5 Å². The molecular formula is C10H11BrO. The van der Waals surface area contributed by atoms with Crippen LogP contribution >= 0.6 is 15.9 Å². The van der Waals surface area contributed by atoms with E-state index >= 15 is 0 Å². The molecule has 0 aliphatic heterocycles. The summed E-state index contributed by atoms with van der Waals surface area (Å²) >= 11 is 3.52. The third-order valence-corrected chi connectivity index (χ3v) is 3.22. The van der Waals surface area contributed by atoms with Crippen molar-refractivity contribution in [3.63, 3.8) is 0 Å². The maximum Gasteiger partial charge on any atom is 0.0465 e. The summed E-state index contributed by atoms with van der Waals surface area (Å²) in [5.41, 5.74) is 2.78. The van der Waals surface area contributed by atoms with Crippen LogP contribution in [0.3, 0.4) is 0 Å². The standard InChI is InChI=1S/C10H11BrO/c11-10-3-1-2-8-4-7(6-12)5-9(8)10/h1-3,7,12H,4-6H2. The van der Waals surface area contributed by atoms with E-state index in [1.165, 1.54) is 15.6 Å². The fourth-order valence-electron chi connectivity index (χ4n) is 1.82. The van der Waals surface area contributed by atoms with Gasteiger partial charge in [-0.1, -0.05) is 28.1 Å². The highest BCUT2D eigenvalue weighted by atomic mass is 79.9. The Morgan fingerprint density at radius 2 is 2.25 bits per heavy atom. The van der Waals surface area contributed by atoms with Crippen molar-refractivity contribution in [1.29, 1.82) is 0 Å². The molecule has 0 spiro atoms. The molecule has 1 aromatic rings. The second-order valence-electron chi connectivity index (χ2n) is 3.33. The number of halogens is 1. The quantitative estimate of drug-likeness (QED) is 0.779. The van der Waals surface area contributed by atoms with E-state index in [1.54, 1.807) is 0 Å². The lowest BCUT2D eigenvalue weighted by molar-refractivity contribution is 0.232. The van der Waals surface area contributed by atoms with E-state index in [9.17, 15) is 0 Å². The highest BCUT2D eigenvalue weighted by Gasteiger charge is 2.21. The van der Waals surface area contributed by atoms with Crippen molar-refractivity contribution in [3.8, 4) is 0 Å². The zero-order valence-corrected chi connectivity index (χ0v) is 8.34. The molecule has 1 atom stereocenters. The minimum atomic E-state index is 0.307. The van der Waals surface area contributed by atoms with Crippen LogP contribution in [0, 0.1) is 5.92 Å². The summed E-state index contributed by atoms with van der Waals surface area (Å²) in [6, 6.07) is 6.27. The lowest BCUT2D eigenvalue weighted by Gasteiger charge is -2.01. The highest BCUT2D eigenvalue weighted by Crippen LogP contribution is 2.31. The van der Waals surface area contributed by atoms with E-state index in [1.807, 2.05) is 0 Å². The van der Waals surface area contributed by atoms with E-state index in [4.69, 9.17) is 5.11 Å². The minimum absolute atomic E-state index is 0.307. The van der Waals surface area contributed by atoms with Crippen molar-refractivity contribution < 1.29 is 5.11 Å². The Bertz CT molecular complexity index is 296. The number of aliphatic hydroxyl groups is 1. The summed E-state index contributed by atoms with van der Waals surface area (Å²) in [4.78, 5) is 0. The molecule has 0 heterocycles. The van der Waals surface area contributed by atoms with Gasteiger partial charge in [0.2, 0.25) is 0 Å². The van der Waals surface area contributed by atoms with Gasteiger partial charge in [-0.05, 0) is 36.0 Å².